The molecule has 1 N–H and O–H groups in total. The highest BCUT2D eigenvalue weighted by molar-refractivity contribution is 5.25. The highest BCUT2D eigenvalue weighted by Gasteiger charge is 2.28. The zero-order chi connectivity index (χ0) is 14.6. The lowest BCUT2D eigenvalue weighted by atomic mass is 9.76. The molecule has 3 heteroatoms. The van der Waals surface area contributed by atoms with Crippen molar-refractivity contribution in [3.63, 3.8) is 0 Å². The number of rotatable bonds is 5. The number of nitrogens with zero attached hydrogens (tertiary/aromatic N) is 1. The average Bonchev–Trinajstić information content (AvgIpc) is 2.41. The predicted octanol–water partition coefficient (Wildman–Crippen LogP) is 3.87. The molecule has 20 heavy (non-hydrogen) atoms. The van der Waals surface area contributed by atoms with E-state index in [2.05, 4.69) is 25.8 Å². The molecular weight excluding hydrogens is 250 g/mol. The topological polar surface area (TPSA) is 42.4 Å². The fraction of sp³-hybridized carbons (Fsp3) is 0.706. The molecule has 1 aliphatic rings. The van der Waals surface area contributed by atoms with Crippen molar-refractivity contribution in [1.29, 1.82) is 0 Å². The maximum Gasteiger partial charge on any atom is 0.214 e. The molecule has 0 aliphatic heterocycles. The molecule has 0 atom stereocenters. The van der Waals surface area contributed by atoms with E-state index in [1.807, 2.05) is 12.1 Å². The average molecular weight is 277 g/mol. The van der Waals surface area contributed by atoms with Crippen LogP contribution < -0.4 is 4.74 Å². The Labute approximate surface area is 122 Å². The zero-order valence-corrected chi connectivity index (χ0v) is 13.0. The Bertz CT molecular complexity index is 433. The summed E-state index contributed by atoms with van der Waals surface area (Å²) in [6.07, 6.45) is 6.88. The van der Waals surface area contributed by atoms with Crippen LogP contribution in [0.15, 0.2) is 12.1 Å². The molecule has 0 aromatic carbocycles. The van der Waals surface area contributed by atoms with Crippen molar-refractivity contribution in [1.82, 2.24) is 4.98 Å². The molecule has 1 saturated carbocycles. The van der Waals surface area contributed by atoms with E-state index in [1.165, 1.54) is 12.8 Å². The van der Waals surface area contributed by atoms with E-state index in [0.717, 1.165) is 36.9 Å². The first-order chi connectivity index (χ1) is 9.52. The molecule has 3 nitrogen and oxygen atoms in total. The van der Waals surface area contributed by atoms with Crippen molar-refractivity contribution in [2.24, 2.45) is 5.41 Å². The molecule has 1 aromatic heterocycles. The van der Waals surface area contributed by atoms with Crippen LogP contribution in [0.2, 0.25) is 0 Å². The van der Waals surface area contributed by atoms with E-state index < -0.39 is 0 Å². The minimum atomic E-state index is 0.0489. The minimum Gasteiger partial charge on any atom is -0.474 e. The molecule has 1 aromatic rings. The summed E-state index contributed by atoms with van der Waals surface area (Å²) in [6.45, 7) is 6.84. The molecule has 1 heterocycles. The molecule has 1 fully saturated rings. The third-order valence-electron chi connectivity index (χ3n) is 4.18. The third kappa shape index (κ3) is 4.20. The molecule has 0 radical (unpaired) electrons. The van der Waals surface area contributed by atoms with Gasteiger partial charge in [0.15, 0.2) is 0 Å². The lowest BCUT2D eigenvalue weighted by molar-refractivity contribution is 0.0945. The minimum absolute atomic E-state index is 0.0489. The van der Waals surface area contributed by atoms with Gasteiger partial charge < -0.3 is 9.84 Å². The Kier molecular flexibility index (Phi) is 5.03. The van der Waals surface area contributed by atoms with Crippen molar-refractivity contribution in [2.45, 2.75) is 72.0 Å². The summed E-state index contributed by atoms with van der Waals surface area (Å²) >= 11 is 0. The molecule has 0 amide bonds. The molecule has 2 rings (SSSR count). The van der Waals surface area contributed by atoms with E-state index in [9.17, 15) is 5.11 Å². The van der Waals surface area contributed by atoms with E-state index >= 15 is 0 Å². The van der Waals surface area contributed by atoms with Gasteiger partial charge in [0.05, 0.1) is 6.61 Å². The molecule has 0 unspecified atom stereocenters. The molecule has 1 aliphatic carbocycles. The van der Waals surface area contributed by atoms with Crippen molar-refractivity contribution in [3.8, 4) is 5.88 Å². The van der Waals surface area contributed by atoms with Gasteiger partial charge in [0, 0.05) is 11.8 Å². The number of aromatic nitrogens is 1. The van der Waals surface area contributed by atoms with Crippen molar-refractivity contribution in [2.75, 3.05) is 0 Å². The van der Waals surface area contributed by atoms with Gasteiger partial charge >= 0.3 is 0 Å². The quantitative estimate of drug-likeness (QED) is 0.888. The summed E-state index contributed by atoms with van der Waals surface area (Å²) in [7, 11) is 0. The summed E-state index contributed by atoms with van der Waals surface area (Å²) in [4.78, 5) is 4.57. The fourth-order valence-electron chi connectivity index (χ4n) is 2.82. The van der Waals surface area contributed by atoms with Crippen LogP contribution in [0.1, 0.15) is 64.1 Å². The Morgan fingerprint density at radius 3 is 2.60 bits per heavy atom. The van der Waals surface area contributed by atoms with Gasteiger partial charge in [0.25, 0.3) is 0 Å². The first-order valence-corrected chi connectivity index (χ1v) is 7.80. The van der Waals surface area contributed by atoms with Crippen LogP contribution in [0.25, 0.3) is 0 Å². The maximum absolute atomic E-state index is 9.35. The normalized spacial score (nSPS) is 19.0. The second kappa shape index (κ2) is 6.57. The van der Waals surface area contributed by atoms with Crippen LogP contribution >= 0.6 is 0 Å². The lowest BCUT2D eigenvalue weighted by Crippen LogP contribution is -2.28. The number of aliphatic hydroxyl groups is 1. The van der Waals surface area contributed by atoms with E-state index in [1.54, 1.807) is 0 Å². The van der Waals surface area contributed by atoms with Gasteiger partial charge in [0.1, 0.15) is 6.10 Å². The monoisotopic (exact) mass is 277 g/mol. The van der Waals surface area contributed by atoms with Crippen LogP contribution in [0.5, 0.6) is 5.88 Å². The lowest BCUT2D eigenvalue weighted by Gasteiger charge is -2.34. The molecule has 112 valence electrons. The van der Waals surface area contributed by atoms with Gasteiger partial charge in [-0.2, -0.15) is 0 Å². The first kappa shape index (κ1) is 15.3. The predicted molar refractivity (Wildman–Crippen MR) is 80.8 cm³/mol. The largest absolute Gasteiger partial charge is 0.474 e. The van der Waals surface area contributed by atoms with E-state index in [4.69, 9.17) is 4.74 Å². The van der Waals surface area contributed by atoms with E-state index in [0.29, 0.717) is 11.3 Å². The first-order valence-electron chi connectivity index (χ1n) is 7.80. The number of hydrogen-bond donors (Lipinski definition) is 1. The molecule has 0 spiro atoms. The smallest absolute Gasteiger partial charge is 0.214 e. The highest BCUT2D eigenvalue weighted by Crippen LogP contribution is 2.36. The van der Waals surface area contributed by atoms with Gasteiger partial charge in [-0.3, -0.25) is 0 Å². The fourth-order valence-corrected chi connectivity index (χ4v) is 2.82. The van der Waals surface area contributed by atoms with Crippen molar-refractivity contribution >= 4 is 0 Å². The summed E-state index contributed by atoms with van der Waals surface area (Å²) in [5, 5.41) is 9.35. The number of pyridine rings is 1. The Balaban J connectivity index is 2.03. The number of aliphatic hydroxyl groups excluding tert-OH is 1. The Morgan fingerprint density at radius 1 is 1.30 bits per heavy atom. The standard InChI is InChI=1S/C17H27NO2/c1-4-5-14-10-13(12-19)11-16(18-14)20-15-6-8-17(2,3)9-7-15/h10-11,15,19H,4-9,12H2,1-3H3. The van der Waals surface area contributed by atoms with Crippen molar-refractivity contribution < 1.29 is 9.84 Å². The molecule has 0 saturated heterocycles. The van der Waals surface area contributed by atoms with Crippen molar-refractivity contribution in [3.05, 3.63) is 23.4 Å². The summed E-state index contributed by atoms with van der Waals surface area (Å²) in [5.41, 5.74) is 2.37. The number of hydrogen-bond acceptors (Lipinski definition) is 3. The third-order valence-corrected chi connectivity index (χ3v) is 4.18. The van der Waals surface area contributed by atoms with Crippen LogP contribution in [-0.4, -0.2) is 16.2 Å². The van der Waals surface area contributed by atoms with Gasteiger partial charge in [-0.1, -0.05) is 27.2 Å². The zero-order valence-electron chi connectivity index (χ0n) is 13.0. The van der Waals surface area contributed by atoms with Gasteiger partial charge in [0.2, 0.25) is 5.88 Å². The second-order valence-electron chi connectivity index (χ2n) is 6.69. The summed E-state index contributed by atoms with van der Waals surface area (Å²) < 4.78 is 6.06. The maximum atomic E-state index is 9.35. The van der Waals surface area contributed by atoms with Crippen LogP contribution in [0.3, 0.4) is 0 Å². The molecular formula is C17H27NO2. The number of ether oxygens (including phenoxy) is 1. The van der Waals surface area contributed by atoms with Crippen LogP contribution in [0.4, 0.5) is 0 Å². The van der Waals surface area contributed by atoms with Crippen LogP contribution in [0, 0.1) is 5.41 Å². The van der Waals surface area contributed by atoms with E-state index in [-0.39, 0.29) is 12.7 Å². The van der Waals surface area contributed by atoms with Gasteiger partial charge in [-0.05, 0) is 49.1 Å². The van der Waals surface area contributed by atoms with Gasteiger partial charge in [-0.25, -0.2) is 4.98 Å². The Hall–Kier alpha value is -1.09. The Morgan fingerprint density at radius 2 is 2.00 bits per heavy atom. The number of aryl methyl sites for hydroxylation is 1. The summed E-state index contributed by atoms with van der Waals surface area (Å²) in [6, 6.07) is 3.85. The van der Waals surface area contributed by atoms with Gasteiger partial charge in [-0.15, -0.1) is 0 Å². The SMILES string of the molecule is CCCc1cc(CO)cc(OC2CCC(C)(C)CC2)n1. The summed E-state index contributed by atoms with van der Waals surface area (Å²) in [5.74, 6) is 0.685. The van der Waals surface area contributed by atoms with Crippen LogP contribution in [-0.2, 0) is 13.0 Å². The second-order valence-corrected chi connectivity index (χ2v) is 6.69. The molecule has 0 bridgehead atoms. The highest BCUT2D eigenvalue weighted by atomic mass is 16.5.